The molecule has 0 aromatic carbocycles. The highest BCUT2D eigenvalue weighted by Crippen LogP contribution is 2.28. The van der Waals surface area contributed by atoms with Gasteiger partial charge in [0.2, 0.25) is 0 Å². The summed E-state index contributed by atoms with van der Waals surface area (Å²) in [5, 5.41) is 0. The molecule has 20 heavy (non-hydrogen) atoms. The van der Waals surface area contributed by atoms with E-state index in [1.54, 1.807) is 0 Å². The van der Waals surface area contributed by atoms with Crippen LogP contribution in [-0.2, 0) is 14.9 Å². The normalized spacial score (nSPS) is 22.2. The van der Waals surface area contributed by atoms with Crippen LogP contribution in [0.4, 0.5) is 0 Å². The molecule has 1 aliphatic heterocycles. The van der Waals surface area contributed by atoms with Crippen molar-refractivity contribution in [2.24, 2.45) is 17.6 Å². The maximum Gasteiger partial charge on any atom is 0.279 e. The maximum atomic E-state index is 12.1. The third-order valence-corrected chi connectivity index (χ3v) is 5.66. The molecule has 0 amide bonds. The van der Waals surface area contributed by atoms with Crippen molar-refractivity contribution in [3.05, 3.63) is 0 Å². The Morgan fingerprint density at radius 1 is 1.15 bits per heavy atom. The average Bonchev–Trinajstić information content (AvgIpc) is 3.27. The predicted molar refractivity (Wildman–Crippen MR) is 78.4 cm³/mol. The van der Waals surface area contributed by atoms with Gasteiger partial charge in [0.25, 0.3) is 10.2 Å². The number of piperidine rings is 1. The van der Waals surface area contributed by atoms with Gasteiger partial charge >= 0.3 is 0 Å². The van der Waals surface area contributed by atoms with E-state index in [1.807, 2.05) is 0 Å². The molecule has 0 aromatic heterocycles. The first-order chi connectivity index (χ1) is 9.62. The molecule has 1 aliphatic carbocycles. The zero-order valence-electron chi connectivity index (χ0n) is 12.1. The van der Waals surface area contributed by atoms with Crippen molar-refractivity contribution in [2.45, 2.75) is 32.1 Å². The number of hydrogen-bond donors (Lipinski definition) is 2. The molecule has 1 saturated carbocycles. The van der Waals surface area contributed by atoms with E-state index in [2.05, 4.69) is 4.72 Å². The first-order valence-electron chi connectivity index (χ1n) is 7.64. The van der Waals surface area contributed by atoms with Crippen LogP contribution < -0.4 is 10.5 Å². The Hall–Kier alpha value is -0.210. The van der Waals surface area contributed by atoms with Gasteiger partial charge < -0.3 is 10.5 Å². The number of nitrogens with one attached hydrogen (secondary N) is 1. The summed E-state index contributed by atoms with van der Waals surface area (Å²) in [5.41, 5.74) is 5.61. The van der Waals surface area contributed by atoms with Gasteiger partial charge in [-0.3, -0.25) is 0 Å². The van der Waals surface area contributed by atoms with E-state index >= 15 is 0 Å². The second kappa shape index (κ2) is 7.70. The van der Waals surface area contributed by atoms with Gasteiger partial charge in [-0.15, -0.1) is 0 Å². The van der Waals surface area contributed by atoms with Crippen LogP contribution in [0.15, 0.2) is 0 Å². The SMILES string of the molecule is NCC1CCN(S(=O)(=O)NCCCOCC2CC2)CC1. The fourth-order valence-electron chi connectivity index (χ4n) is 2.39. The molecular weight excluding hydrogens is 278 g/mol. The van der Waals surface area contributed by atoms with Crippen molar-refractivity contribution in [3.8, 4) is 0 Å². The molecule has 1 heterocycles. The summed E-state index contributed by atoms with van der Waals surface area (Å²) in [6.45, 7) is 3.72. The van der Waals surface area contributed by atoms with E-state index in [4.69, 9.17) is 10.5 Å². The average molecular weight is 305 g/mol. The first-order valence-corrected chi connectivity index (χ1v) is 9.08. The molecule has 6 nitrogen and oxygen atoms in total. The van der Waals surface area contributed by atoms with Gasteiger partial charge in [-0.1, -0.05) is 0 Å². The minimum absolute atomic E-state index is 0.448. The van der Waals surface area contributed by atoms with Gasteiger partial charge in [0.15, 0.2) is 0 Å². The summed E-state index contributed by atoms with van der Waals surface area (Å²) in [5.74, 6) is 1.23. The van der Waals surface area contributed by atoms with Gasteiger partial charge in [0.05, 0.1) is 0 Å². The minimum Gasteiger partial charge on any atom is -0.381 e. The van der Waals surface area contributed by atoms with Crippen LogP contribution in [0.5, 0.6) is 0 Å². The van der Waals surface area contributed by atoms with E-state index in [0.717, 1.165) is 31.8 Å². The predicted octanol–water partition coefficient (Wildman–Crippen LogP) is 0.308. The molecule has 0 bridgehead atoms. The fraction of sp³-hybridized carbons (Fsp3) is 1.00. The zero-order valence-corrected chi connectivity index (χ0v) is 12.9. The van der Waals surface area contributed by atoms with Crippen molar-refractivity contribution in [3.63, 3.8) is 0 Å². The summed E-state index contributed by atoms with van der Waals surface area (Å²) in [7, 11) is -3.32. The molecule has 2 aliphatic rings. The highest BCUT2D eigenvalue weighted by Gasteiger charge is 2.26. The molecule has 0 aromatic rings. The Morgan fingerprint density at radius 3 is 2.45 bits per heavy atom. The molecule has 118 valence electrons. The van der Waals surface area contributed by atoms with Gasteiger partial charge in [0, 0.05) is 32.8 Å². The van der Waals surface area contributed by atoms with Crippen LogP contribution in [0, 0.1) is 11.8 Å². The van der Waals surface area contributed by atoms with Gasteiger partial charge in [-0.2, -0.15) is 12.7 Å². The first kappa shape index (κ1) is 16.2. The zero-order chi connectivity index (χ0) is 14.4. The Morgan fingerprint density at radius 2 is 1.85 bits per heavy atom. The summed E-state index contributed by atoms with van der Waals surface area (Å²) in [6.07, 6.45) is 5.02. The lowest BCUT2D eigenvalue weighted by Gasteiger charge is -2.30. The molecule has 2 fully saturated rings. The largest absolute Gasteiger partial charge is 0.381 e. The number of ether oxygens (including phenoxy) is 1. The summed E-state index contributed by atoms with van der Waals surface area (Å²) >= 11 is 0. The minimum atomic E-state index is -3.32. The highest BCUT2D eigenvalue weighted by molar-refractivity contribution is 7.87. The van der Waals surface area contributed by atoms with E-state index < -0.39 is 10.2 Å². The van der Waals surface area contributed by atoms with E-state index in [0.29, 0.717) is 38.7 Å². The van der Waals surface area contributed by atoms with Crippen molar-refractivity contribution in [2.75, 3.05) is 39.4 Å². The standard InChI is InChI=1S/C13H27N3O3S/c14-10-12-4-7-16(8-5-12)20(17,18)15-6-1-9-19-11-13-2-3-13/h12-13,15H,1-11,14H2. The Kier molecular flexibility index (Phi) is 6.22. The van der Waals surface area contributed by atoms with Crippen molar-refractivity contribution >= 4 is 10.2 Å². The van der Waals surface area contributed by atoms with Crippen LogP contribution in [0.1, 0.15) is 32.1 Å². The van der Waals surface area contributed by atoms with E-state index in [-0.39, 0.29) is 0 Å². The molecular formula is C13H27N3O3S. The van der Waals surface area contributed by atoms with Gasteiger partial charge in [0.1, 0.15) is 0 Å². The van der Waals surface area contributed by atoms with Crippen molar-refractivity contribution in [1.82, 2.24) is 9.03 Å². The molecule has 7 heteroatoms. The van der Waals surface area contributed by atoms with Crippen LogP contribution in [0.25, 0.3) is 0 Å². The van der Waals surface area contributed by atoms with Crippen LogP contribution >= 0.6 is 0 Å². The third-order valence-electron chi connectivity index (χ3n) is 4.05. The lowest BCUT2D eigenvalue weighted by Crippen LogP contribution is -2.46. The number of nitrogens with two attached hydrogens (primary N) is 1. The third kappa shape index (κ3) is 5.29. The van der Waals surface area contributed by atoms with Gasteiger partial charge in [-0.05, 0) is 50.5 Å². The molecule has 3 N–H and O–H groups in total. The Bertz CT molecular complexity index is 376. The van der Waals surface area contributed by atoms with Crippen LogP contribution in [0.2, 0.25) is 0 Å². The monoisotopic (exact) mass is 305 g/mol. The number of hydrogen-bond acceptors (Lipinski definition) is 4. The fourth-order valence-corrected chi connectivity index (χ4v) is 3.66. The summed E-state index contributed by atoms with van der Waals surface area (Å²) < 4.78 is 33.8. The van der Waals surface area contributed by atoms with E-state index in [1.165, 1.54) is 17.1 Å². The van der Waals surface area contributed by atoms with Crippen LogP contribution in [0.3, 0.4) is 0 Å². The molecule has 0 atom stereocenters. The summed E-state index contributed by atoms with van der Waals surface area (Å²) in [4.78, 5) is 0. The molecule has 2 rings (SSSR count). The lowest BCUT2D eigenvalue weighted by atomic mass is 9.99. The van der Waals surface area contributed by atoms with Crippen molar-refractivity contribution in [1.29, 1.82) is 0 Å². The van der Waals surface area contributed by atoms with Crippen LogP contribution in [-0.4, -0.2) is 52.1 Å². The number of nitrogens with zero attached hydrogens (tertiary/aromatic N) is 1. The molecule has 0 unspecified atom stereocenters. The Balaban J connectivity index is 1.58. The maximum absolute atomic E-state index is 12.1. The lowest BCUT2D eigenvalue weighted by molar-refractivity contribution is 0.123. The molecule has 0 radical (unpaired) electrons. The highest BCUT2D eigenvalue weighted by atomic mass is 32.2. The van der Waals surface area contributed by atoms with Crippen molar-refractivity contribution < 1.29 is 13.2 Å². The van der Waals surface area contributed by atoms with E-state index in [9.17, 15) is 8.42 Å². The van der Waals surface area contributed by atoms with Gasteiger partial charge in [-0.25, -0.2) is 4.72 Å². The second-order valence-corrected chi connectivity index (χ2v) is 7.60. The quantitative estimate of drug-likeness (QED) is 0.600. The smallest absolute Gasteiger partial charge is 0.279 e. The number of rotatable bonds is 9. The second-order valence-electron chi connectivity index (χ2n) is 5.85. The topological polar surface area (TPSA) is 84.7 Å². The molecule has 0 spiro atoms. The Labute approximate surface area is 122 Å². The molecule has 1 saturated heterocycles. The summed E-state index contributed by atoms with van der Waals surface area (Å²) in [6, 6.07) is 0.